The van der Waals surface area contributed by atoms with Gasteiger partial charge in [0, 0.05) is 28.9 Å². The highest BCUT2D eigenvalue weighted by atomic mass is 79.9. The quantitative estimate of drug-likeness (QED) is 0.924. The van der Waals surface area contributed by atoms with Crippen molar-refractivity contribution in [2.24, 2.45) is 5.92 Å². The van der Waals surface area contributed by atoms with Gasteiger partial charge in [-0.2, -0.15) is 0 Å². The Kier molecular flexibility index (Phi) is 3.79. The molecule has 1 fully saturated rings. The third-order valence-corrected chi connectivity index (χ3v) is 4.16. The Balaban J connectivity index is 2.17. The molecule has 1 aromatic carbocycles. The van der Waals surface area contributed by atoms with Gasteiger partial charge in [-0.3, -0.25) is 0 Å². The van der Waals surface area contributed by atoms with E-state index < -0.39 is 0 Å². The Hall–Kier alpha value is -0.540. The van der Waals surface area contributed by atoms with Crippen molar-refractivity contribution in [1.29, 1.82) is 0 Å². The van der Waals surface area contributed by atoms with E-state index in [1.807, 2.05) is 0 Å². The van der Waals surface area contributed by atoms with Gasteiger partial charge in [0.05, 0.1) is 0 Å². The van der Waals surface area contributed by atoms with E-state index in [1.54, 1.807) is 0 Å². The molecule has 0 spiro atoms. The van der Waals surface area contributed by atoms with Crippen LogP contribution in [-0.2, 0) is 0 Å². The first-order valence-electron chi connectivity index (χ1n) is 6.17. The molecule has 3 heteroatoms. The second kappa shape index (κ2) is 4.99. The lowest BCUT2D eigenvalue weighted by Gasteiger charge is -2.33. The van der Waals surface area contributed by atoms with Crippen LogP contribution in [0.25, 0.3) is 0 Å². The molecule has 1 aliphatic heterocycles. The van der Waals surface area contributed by atoms with Crippen molar-refractivity contribution in [3.63, 3.8) is 0 Å². The van der Waals surface area contributed by atoms with Crippen LogP contribution in [0.2, 0.25) is 0 Å². The van der Waals surface area contributed by atoms with Crippen LogP contribution in [0.15, 0.2) is 28.7 Å². The van der Waals surface area contributed by atoms with Crippen molar-refractivity contribution >= 4 is 21.6 Å². The van der Waals surface area contributed by atoms with Crippen LogP contribution in [0.4, 0.5) is 5.69 Å². The summed E-state index contributed by atoms with van der Waals surface area (Å²) in [4.78, 5) is 2.46. The number of benzene rings is 1. The highest BCUT2D eigenvalue weighted by Crippen LogP contribution is 2.38. The minimum atomic E-state index is 0.188. The summed E-state index contributed by atoms with van der Waals surface area (Å²) in [7, 11) is 0. The SMILES string of the molecule is CC1(C)CC(CCO)CN1c1ccc(Br)cc1. The Morgan fingerprint density at radius 2 is 2.00 bits per heavy atom. The van der Waals surface area contributed by atoms with E-state index >= 15 is 0 Å². The van der Waals surface area contributed by atoms with Gasteiger partial charge in [0.1, 0.15) is 0 Å². The van der Waals surface area contributed by atoms with E-state index in [1.165, 1.54) is 5.69 Å². The van der Waals surface area contributed by atoms with Crippen molar-refractivity contribution in [3.05, 3.63) is 28.7 Å². The van der Waals surface area contributed by atoms with E-state index in [0.717, 1.165) is 23.9 Å². The standard InChI is InChI=1S/C14H20BrNO/c1-14(2)9-11(7-8-17)10-16(14)13-5-3-12(15)4-6-13/h3-6,11,17H,7-10H2,1-2H3. The molecule has 1 atom stereocenters. The molecule has 1 N–H and O–H groups in total. The van der Waals surface area contributed by atoms with Crippen LogP contribution >= 0.6 is 15.9 Å². The van der Waals surface area contributed by atoms with Gasteiger partial charge >= 0.3 is 0 Å². The first-order valence-corrected chi connectivity index (χ1v) is 6.96. The molecule has 1 unspecified atom stereocenters. The molecular formula is C14H20BrNO. The van der Waals surface area contributed by atoms with Gasteiger partial charge in [-0.05, 0) is 56.9 Å². The highest BCUT2D eigenvalue weighted by molar-refractivity contribution is 9.10. The summed E-state index contributed by atoms with van der Waals surface area (Å²) in [6, 6.07) is 8.50. The zero-order chi connectivity index (χ0) is 12.5. The van der Waals surface area contributed by atoms with Crippen molar-refractivity contribution in [2.75, 3.05) is 18.1 Å². The van der Waals surface area contributed by atoms with E-state index in [-0.39, 0.29) is 5.54 Å². The van der Waals surface area contributed by atoms with Crippen molar-refractivity contribution in [1.82, 2.24) is 0 Å². The number of nitrogens with zero attached hydrogens (tertiary/aromatic N) is 1. The summed E-state index contributed by atoms with van der Waals surface area (Å²) in [5.41, 5.74) is 1.46. The van der Waals surface area contributed by atoms with Gasteiger partial charge in [0.2, 0.25) is 0 Å². The molecule has 17 heavy (non-hydrogen) atoms. The normalized spacial score (nSPS) is 23.1. The molecule has 0 bridgehead atoms. The Morgan fingerprint density at radius 1 is 1.35 bits per heavy atom. The second-order valence-electron chi connectivity index (χ2n) is 5.48. The van der Waals surface area contributed by atoms with Crippen LogP contribution in [0, 0.1) is 5.92 Å². The predicted molar refractivity (Wildman–Crippen MR) is 75.4 cm³/mol. The third-order valence-electron chi connectivity index (χ3n) is 3.64. The fraction of sp³-hybridized carbons (Fsp3) is 0.571. The topological polar surface area (TPSA) is 23.5 Å². The van der Waals surface area contributed by atoms with E-state index in [4.69, 9.17) is 5.11 Å². The first kappa shape index (κ1) is 12.9. The average Bonchev–Trinajstić information content (AvgIpc) is 2.55. The van der Waals surface area contributed by atoms with Crippen molar-refractivity contribution in [3.8, 4) is 0 Å². The lowest BCUT2D eigenvalue weighted by molar-refractivity contribution is 0.259. The molecule has 94 valence electrons. The average molecular weight is 298 g/mol. The highest BCUT2D eigenvalue weighted by Gasteiger charge is 2.37. The minimum absolute atomic E-state index is 0.188. The van der Waals surface area contributed by atoms with E-state index in [0.29, 0.717) is 12.5 Å². The number of anilines is 1. The fourth-order valence-electron chi connectivity index (χ4n) is 2.84. The van der Waals surface area contributed by atoms with Gasteiger partial charge in [0.25, 0.3) is 0 Å². The zero-order valence-electron chi connectivity index (χ0n) is 10.5. The number of hydrogen-bond donors (Lipinski definition) is 1. The minimum Gasteiger partial charge on any atom is -0.396 e. The molecule has 0 amide bonds. The number of aliphatic hydroxyl groups excluding tert-OH is 1. The molecular weight excluding hydrogens is 278 g/mol. The Morgan fingerprint density at radius 3 is 2.59 bits per heavy atom. The molecule has 0 radical (unpaired) electrons. The summed E-state index contributed by atoms with van der Waals surface area (Å²) < 4.78 is 1.12. The molecule has 1 heterocycles. The van der Waals surface area contributed by atoms with Crippen LogP contribution in [0.3, 0.4) is 0 Å². The molecule has 0 aromatic heterocycles. The Bertz CT molecular complexity index is 374. The number of aliphatic hydroxyl groups is 1. The van der Waals surface area contributed by atoms with Crippen LogP contribution in [0.1, 0.15) is 26.7 Å². The van der Waals surface area contributed by atoms with E-state index in [2.05, 4.69) is 58.9 Å². The van der Waals surface area contributed by atoms with Gasteiger partial charge in [0.15, 0.2) is 0 Å². The molecule has 0 saturated carbocycles. The molecule has 2 nitrogen and oxygen atoms in total. The Labute approximate surface area is 112 Å². The number of rotatable bonds is 3. The number of halogens is 1. The summed E-state index contributed by atoms with van der Waals surface area (Å²) in [5.74, 6) is 0.610. The summed E-state index contributed by atoms with van der Waals surface area (Å²) in [6.07, 6.45) is 2.07. The molecule has 1 aliphatic rings. The lowest BCUT2D eigenvalue weighted by Crippen LogP contribution is -2.38. The fourth-order valence-corrected chi connectivity index (χ4v) is 3.10. The summed E-state index contributed by atoms with van der Waals surface area (Å²) in [5, 5.41) is 9.07. The monoisotopic (exact) mass is 297 g/mol. The predicted octanol–water partition coefficient (Wildman–Crippen LogP) is 3.44. The molecule has 1 aromatic rings. The molecule has 1 saturated heterocycles. The molecule has 0 aliphatic carbocycles. The smallest absolute Gasteiger partial charge is 0.0434 e. The van der Waals surface area contributed by atoms with Gasteiger partial charge < -0.3 is 10.0 Å². The van der Waals surface area contributed by atoms with Gasteiger partial charge in [-0.1, -0.05) is 15.9 Å². The number of hydrogen-bond acceptors (Lipinski definition) is 2. The molecule has 2 rings (SSSR count). The van der Waals surface area contributed by atoms with Crippen molar-refractivity contribution in [2.45, 2.75) is 32.2 Å². The van der Waals surface area contributed by atoms with Gasteiger partial charge in [-0.15, -0.1) is 0 Å². The zero-order valence-corrected chi connectivity index (χ0v) is 12.1. The largest absolute Gasteiger partial charge is 0.396 e. The maximum Gasteiger partial charge on any atom is 0.0434 e. The van der Waals surface area contributed by atoms with Crippen molar-refractivity contribution < 1.29 is 5.11 Å². The van der Waals surface area contributed by atoms with Crippen LogP contribution < -0.4 is 4.90 Å². The van der Waals surface area contributed by atoms with Crippen LogP contribution in [0.5, 0.6) is 0 Å². The van der Waals surface area contributed by atoms with Gasteiger partial charge in [-0.25, -0.2) is 0 Å². The first-order chi connectivity index (χ1) is 8.03. The van der Waals surface area contributed by atoms with E-state index in [9.17, 15) is 0 Å². The van der Waals surface area contributed by atoms with Crippen LogP contribution in [-0.4, -0.2) is 23.8 Å². The maximum absolute atomic E-state index is 9.07. The second-order valence-corrected chi connectivity index (χ2v) is 6.40. The summed E-state index contributed by atoms with van der Waals surface area (Å²) >= 11 is 3.47. The summed E-state index contributed by atoms with van der Waals surface area (Å²) in [6.45, 7) is 5.92. The third kappa shape index (κ3) is 2.83. The maximum atomic E-state index is 9.07. The lowest BCUT2D eigenvalue weighted by atomic mass is 9.94.